The van der Waals surface area contributed by atoms with Crippen LogP contribution < -0.4 is 5.56 Å². The number of halogens is 1. The number of piperazine rings is 1. The summed E-state index contributed by atoms with van der Waals surface area (Å²) in [6.45, 7) is 3.08. The van der Waals surface area contributed by atoms with E-state index in [2.05, 4.69) is 15.0 Å². The average molecular weight is 455 g/mol. The molecule has 1 aliphatic heterocycles. The highest BCUT2D eigenvalue weighted by atomic mass is 35.5. The first-order chi connectivity index (χ1) is 15.5. The molecule has 1 saturated carbocycles. The minimum atomic E-state index is -0.251. The normalized spacial score (nSPS) is 18.4. The third-order valence-electron chi connectivity index (χ3n) is 6.71. The molecule has 3 heterocycles. The molecule has 0 spiro atoms. The first kappa shape index (κ1) is 21.2. The Bertz CT molecular complexity index is 1190. The summed E-state index contributed by atoms with van der Waals surface area (Å²) in [7, 11) is 1.64. The number of carbonyl (C=O) groups excluding carboxylic acids is 1. The first-order valence-electron chi connectivity index (χ1n) is 11.3. The van der Waals surface area contributed by atoms with Gasteiger partial charge in [-0.15, -0.1) is 0 Å². The minimum absolute atomic E-state index is 0.174. The Morgan fingerprint density at radius 1 is 1.03 bits per heavy atom. The lowest BCUT2D eigenvalue weighted by molar-refractivity contribution is 0.0519. The van der Waals surface area contributed by atoms with Gasteiger partial charge in [0.25, 0.3) is 11.5 Å². The van der Waals surface area contributed by atoms with E-state index in [1.54, 1.807) is 31.3 Å². The van der Waals surface area contributed by atoms with Gasteiger partial charge in [-0.3, -0.25) is 14.5 Å². The zero-order valence-electron chi connectivity index (χ0n) is 18.2. The van der Waals surface area contributed by atoms with Crippen molar-refractivity contribution in [3.8, 4) is 5.69 Å². The van der Waals surface area contributed by atoms with Crippen LogP contribution in [0.4, 0.5) is 0 Å². The van der Waals surface area contributed by atoms with Crippen LogP contribution in [0.2, 0.25) is 5.02 Å². The van der Waals surface area contributed by atoms with Crippen LogP contribution in [0.25, 0.3) is 16.7 Å². The Kier molecular flexibility index (Phi) is 5.73. The second-order valence-corrected chi connectivity index (χ2v) is 9.15. The molecule has 168 valence electrons. The monoisotopic (exact) mass is 454 g/mol. The number of aromatic nitrogens is 4. The fourth-order valence-corrected chi connectivity index (χ4v) is 5.01. The predicted octanol–water partition coefficient (Wildman–Crippen LogP) is 2.86. The van der Waals surface area contributed by atoms with E-state index in [4.69, 9.17) is 11.6 Å². The fourth-order valence-electron chi connectivity index (χ4n) is 4.89. The molecule has 1 aliphatic carbocycles. The molecular formula is C23H27ClN6O2. The molecule has 2 aliphatic rings. The zero-order chi connectivity index (χ0) is 22.2. The number of benzene rings is 1. The summed E-state index contributed by atoms with van der Waals surface area (Å²) >= 11 is 6.03. The molecule has 32 heavy (non-hydrogen) atoms. The van der Waals surface area contributed by atoms with Gasteiger partial charge < -0.3 is 9.47 Å². The van der Waals surface area contributed by atoms with Crippen LogP contribution in [-0.2, 0) is 7.05 Å². The van der Waals surface area contributed by atoms with E-state index in [1.165, 1.54) is 47.7 Å². The maximum atomic E-state index is 13.5. The van der Waals surface area contributed by atoms with Gasteiger partial charge in [-0.05, 0) is 37.1 Å². The van der Waals surface area contributed by atoms with Crippen LogP contribution in [0, 0.1) is 0 Å². The molecule has 0 N–H and O–H groups in total. The maximum Gasteiger partial charge on any atom is 0.279 e. The van der Waals surface area contributed by atoms with Crippen molar-refractivity contribution < 1.29 is 4.79 Å². The third-order valence-corrected chi connectivity index (χ3v) is 6.96. The molecule has 9 heteroatoms. The lowest BCUT2D eigenvalue weighted by Crippen LogP contribution is -2.52. The lowest BCUT2D eigenvalue weighted by atomic mass is 9.94. The summed E-state index contributed by atoms with van der Waals surface area (Å²) < 4.78 is 2.90. The van der Waals surface area contributed by atoms with Gasteiger partial charge in [-0.25, -0.2) is 9.67 Å². The van der Waals surface area contributed by atoms with Gasteiger partial charge in [0.05, 0.1) is 12.0 Å². The van der Waals surface area contributed by atoms with E-state index in [0.717, 1.165) is 13.1 Å². The molecule has 1 saturated heterocycles. The summed E-state index contributed by atoms with van der Waals surface area (Å²) in [5, 5.41) is 5.15. The summed E-state index contributed by atoms with van der Waals surface area (Å²) in [5.41, 5.74) is 1.26. The van der Waals surface area contributed by atoms with E-state index in [1.807, 2.05) is 4.90 Å². The van der Waals surface area contributed by atoms with Crippen molar-refractivity contribution in [3.05, 3.63) is 51.7 Å². The maximum absolute atomic E-state index is 13.5. The molecule has 8 nitrogen and oxygen atoms in total. The smallest absolute Gasteiger partial charge is 0.279 e. The Balaban J connectivity index is 1.45. The van der Waals surface area contributed by atoms with Gasteiger partial charge in [-0.1, -0.05) is 30.9 Å². The van der Waals surface area contributed by atoms with Gasteiger partial charge in [-0.2, -0.15) is 5.10 Å². The molecule has 0 radical (unpaired) electrons. The number of hydrogen-bond acceptors (Lipinski definition) is 5. The number of carbonyl (C=O) groups is 1. The topological polar surface area (TPSA) is 76.3 Å². The standard InChI is InChI=1S/C23H27ClN6O2/c1-27-15-25-19-20(26-30(21(19)23(27)32)18-9-7-16(24)8-10-18)22(31)29-13-11-28(12-14-29)17-5-3-2-4-6-17/h7-10,15,17H,2-6,11-14H2,1H3. The summed E-state index contributed by atoms with van der Waals surface area (Å²) in [6.07, 6.45) is 7.91. The minimum Gasteiger partial charge on any atom is -0.335 e. The Hall–Kier alpha value is -2.71. The van der Waals surface area contributed by atoms with Crippen molar-refractivity contribution >= 4 is 28.5 Å². The van der Waals surface area contributed by atoms with Gasteiger partial charge in [0.15, 0.2) is 11.2 Å². The summed E-state index contributed by atoms with van der Waals surface area (Å²) in [4.78, 5) is 35.2. The Labute approximate surface area is 191 Å². The molecule has 1 aromatic carbocycles. The van der Waals surface area contributed by atoms with E-state index < -0.39 is 0 Å². The summed E-state index contributed by atoms with van der Waals surface area (Å²) in [5.74, 6) is -0.174. The average Bonchev–Trinajstić information content (AvgIpc) is 3.22. The molecular weight excluding hydrogens is 428 g/mol. The van der Waals surface area contributed by atoms with Crippen LogP contribution >= 0.6 is 11.6 Å². The van der Waals surface area contributed by atoms with Gasteiger partial charge >= 0.3 is 0 Å². The number of nitrogens with zero attached hydrogens (tertiary/aromatic N) is 6. The van der Waals surface area contributed by atoms with Crippen LogP contribution in [0.3, 0.4) is 0 Å². The highest BCUT2D eigenvalue weighted by molar-refractivity contribution is 6.30. The highest BCUT2D eigenvalue weighted by Crippen LogP contribution is 2.25. The molecule has 5 rings (SSSR count). The van der Waals surface area contributed by atoms with Crippen LogP contribution in [-0.4, -0.2) is 67.3 Å². The molecule has 0 bridgehead atoms. The number of fused-ring (bicyclic) bond motifs is 1. The highest BCUT2D eigenvalue weighted by Gasteiger charge is 2.30. The van der Waals surface area contributed by atoms with Gasteiger partial charge in [0.1, 0.15) is 5.52 Å². The van der Waals surface area contributed by atoms with Crippen molar-refractivity contribution in [2.45, 2.75) is 38.1 Å². The van der Waals surface area contributed by atoms with E-state index >= 15 is 0 Å². The van der Waals surface area contributed by atoms with Crippen molar-refractivity contribution in [2.75, 3.05) is 26.2 Å². The third kappa shape index (κ3) is 3.82. The van der Waals surface area contributed by atoms with Crippen LogP contribution in [0.15, 0.2) is 35.4 Å². The number of hydrogen-bond donors (Lipinski definition) is 0. The predicted molar refractivity (Wildman–Crippen MR) is 123 cm³/mol. The lowest BCUT2D eigenvalue weighted by Gasteiger charge is -2.40. The zero-order valence-corrected chi connectivity index (χ0v) is 19.0. The first-order valence-corrected chi connectivity index (χ1v) is 11.6. The van der Waals surface area contributed by atoms with Crippen molar-refractivity contribution in [1.29, 1.82) is 0 Å². The second kappa shape index (κ2) is 8.67. The van der Waals surface area contributed by atoms with Gasteiger partial charge in [0.2, 0.25) is 0 Å². The van der Waals surface area contributed by atoms with Crippen molar-refractivity contribution in [1.82, 2.24) is 29.1 Å². The Morgan fingerprint density at radius 2 is 1.72 bits per heavy atom. The molecule has 2 aromatic heterocycles. The van der Waals surface area contributed by atoms with E-state index in [-0.39, 0.29) is 17.2 Å². The van der Waals surface area contributed by atoms with E-state index in [0.29, 0.717) is 40.9 Å². The molecule has 0 atom stereocenters. The number of aryl methyl sites for hydroxylation is 1. The molecule has 3 aromatic rings. The largest absolute Gasteiger partial charge is 0.335 e. The van der Waals surface area contributed by atoms with Crippen LogP contribution in [0.1, 0.15) is 42.6 Å². The second-order valence-electron chi connectivity index (χ2n) is 8.71. The van der Waals surface area contributed by atoms with Crippen LogP contribution in [0.5, 0.6) is 0 Å². The van der Waals surface area contributed by atoms with Gasteiger partial charge in [0, 0.05) is 44.3 Å². The molecule has 2 fully saturated rings. The van der Waals surface area contributed by atoms with Crippen molar-refractivity contribution in [2.24, 2.45) is 7.05 Å². The number of rotatable bonds is 3. The Morgan fingerprint density at radius 3 is 2.41 bits per heavy atom. The summed E-state index contributed by atoms with van der Waals surface area (Å²) in [6, 6.07) is 7.67. The number of amides is 1. The molecule has 0 unspecified atom stereocenters. The SMILES string of the molecule is Cn1cnc2c(C(=O)N3CCN(C4CCCCC4)CC3)nn(-c3ccc(Cl)cc3)c2c1=O. The fraction of sp³-hybridized carbons (Fsp3) is 0.478. The van der Waals surface area contributed by atoms with E-state index in [9.17, 15) is 9.59 Å². The quantitative estimate of drug-likeness (QED) is 0.608. The van der Waals surface area contributed by atoms with Crippen molar-refractivity contribution in [3.63, 3.8) is 0 Å². The molecule has 1 amide bonds.